The highest BCUT2D eigenvalue weighted by molar-refractivity contribution is 5.77. The van der Waals surface area contributed by atoms with Crippen LogP contribution in [0.15, 0.2) is 0 Å². The molecule has 0 aromatic carbocycles. The molecular weight excluding hydrogens is 288 g/mol. The Kier molecular flexibility index (Phi) is 4.49. The van der Waals surface area contributed by atoms with Crippen LogP contribution in [0.4, 0.5) is 0 Å². The summed E-state index contributed by atoms with van der Waals surface area (Å²) in [4.78, 5) is 23.3. The minimum absolute atomic E-state index is 0.471. The molecule has 9 heteroatoms. The standard InChI is InChI=1S/C12H18O9/c1-18-6(14)3-12(17)7(11(16)19-2)9-10(21-12)8(15)5(4-13)20-9/h5,7-10,13,15,17H,3-4H2,1-2H3/t5-,7+,8+,9-,10-,12+/m1/s1. The van der Waals surface area contributed by atoms with Gasteiger partial charge in [0, 0.05) is 0 Å². The largest absolute Gasteiger partial charge is 0.469 e. The van der Waals surface area contributed by atoms with Crippen molar-refractivity contribution in [2.45, 2.75) is 36.6 Å². The molecule has 2 heterocycles. The normalized spacial score (nSPS) is 41.7. The summed E-state index contributed by atoms with van der Waals surface area (Å²) < 4.78 is 19.7. The maximum absolute atomic E-state index is 11.9. The summed E-state index contributed by atoms with van der Waals surface area (Å²) in [5, 5.41) is 29.5. The monoisotopic (exact) mass is 306 g/mol. The van der Waals surface area contributed by atoms with Crippen LogP contribution in [0.3, 0.4) is 0 Å². The molecule has 2 aliphatic rings. The van der Waals surface area contributed by atoms with Crippen molar-refractivity contribution in [3.8, 4) is 0 Å². The summed E-state index contributed by atoms with van der Waals surface area (Å²) in [6.45, 7) is -0.471. The van der Waals surface area contributed by atoms with E-state index >= 15 is 0 Å². The topological polar surface area (TPSA) is 132 Å². The number of esters is 2. The molecule has 2 rings (SSSR count). The molecule has 0 spiro atoms. The Hall–Kier alpha value is -1.26. The predicted octanol–water partition coefficient (Wildman–Crippen LogP) is -2.45. The third-order valence-electron chi connectivity index (χ3n) is 3.79. The SMILES string of the molecule is COC(=O)C[C@]1(O)O[C@@H]2[C@@H](O)[C@@H](CO)O[C@@H]2[C@H]1C(=O)OC. The van der Waals surface area contributed by atoms with Crippen molar-refractivity contribution < 1.29 is 43.9 Å². The average molecular weight is 306 g/mol. The molecule has 0 amide bonds. The van der Waals surface area contributed by atoms with Crippen LogP contribution in [-0.2, 0) is 28.5 Å². The van der Waals surface area contributed by atoms with Gasteiger partial charge in [0.2, 0.25) is 0 Å². The third-order valence-corrected chi connectivity index (χ3v) is 3.79. The Bertz CT molecular complexity index is 425. The van der Waals surface area contributed by atoms with Gasteiger partial charge in [0.1, 0.15) is 36.8 Å². The van der Waals surface area contributed by atoms with Crippen molar-refractivity contribution in [3.05, 3.63) is 0 Å². The summed E-state index contributed by atoms with van der Waals surface area (Å²) in [5.41, 5.74) is 0. The first kappa shape index (κ1) is 16.1. The van der Waals surface area contributed by atoms with Gasteiger partial charge in [-0.05, 0) is 0 Å². The summed E-state index contributed by atoms with van der Waals surface area (Å²) in [7, 11) is 2.24. The fourth-order valence-electron chi connectivity index (χ4n) is 2.76. The first-order chi connectivity index (χ1) is 9.87. The minimum atomic E-state index is -2.20. The van der Waals surface area contributed by atoms with Gasteiger partial charge in [0.05, 0.1) is 20.8 Å². The van der Waals surface area contributed by atoms with E-state index in [0.717, 1.165) is 14.2 Å². The lowest BCUT2D eigenvalue weighted by molar-refractivity contribution is -0.238. The maximum Gasteiger partial charge on any atom is 0.316 e. The predicted molar refractivity (Wildman–Crippen MR) is 63.7 cm³/mol. The van der Waals surface area contributed by atoms with Gasteiger partial charge in [-0.1, -0.05) is 0 Å². The van der Waals surface area contributed by atoms with E-state index in [2.05, 4.69) is 9.47 Å². The maximum atomic E-state index is 11.9. The minimum Gasteiger partial charge on any atom is -0.469 e. The van der Waals surface area contributed by atoms with Crippen LogP contribution in [0, 0.1) is 5.92 Å². The number of carbonyl (C=O) groups is 2. The smallest absolute Gasteiger partial charge is 0.316 e. The van der Waals surface area contributed by atoms with Crippen LogP contribution in [0.5, 0.6) is 0 Å². The summed E-state index contributed by atoms with van der Waals surface area (Å²) in [6.07, 6.45) is -4.87. The van der Waals surface area contributed by atoms with Crippen molar-refractivity contribution >= 4 is 11.9 Å². The zero-order valence-corrected chi connectivity index (χ0v) is 11.6. The Morgan fingerprint density at radius 2 is 1.90 bits per heavy atom. The second-order valence-electron chi connectivity index (χ2n) is 4.99. The van der Waals surface area contributed by atoms with Crippen LogP contribution in [0.2, 0.25) is 0 Å². The molecule has 6 atom stereocenters. The van der Waals surface area contributed by atoms with Crippen LogP contribution < -0.4 is 0 Å². The molecular formula is C12H18O9. The average Bonchev–Trinajstić information content (AvgIpc) is 2.90. The first-order valence-corrected chi connectivity index (χ1v) is 6.37. The van der Waals surface area contributed by atoms with Crippen molar-refractivity contribution in [3.63, 3.8) is 0 Å². The number of carbonyl (C=O) groups excluding carboxylic acids is 2. The number of aliphatic hydroxyl groups excluding tert-OH is 2. The zero-order chi connectivity index (χ0) is 15.8. The lowest BCUT2D eigenvalue weighted by atomic mass is 9.91. The van der Waals surface area contributed by atoms with Crippen LogP contribution >= 0.6 is 0 Å². The van der Waals surface area contributed by atoms with E-state index in [0.29, 0.717) is 0 Å². The van der Waals surface area contributed by atoms with Crippen molar-refractivity contribution in [1.29, 1.82) is 0 Å². The van der Waals surface area contributed by atoms with E-state index in [1.54, 1.807) is 0 Å². The van der Waals surface area contributed by atoms with Crippen molar-refractivity contribution in [1.82, 2.24) is 0 Å². The molecule has 21 heavy (non-hydrogen) atoms. The van der Waals surface area contributed by atoms with E-state index in [1.165, 1.54) is 0 Å². The molecule has 2 fully saturated rings. The van der Waals surface area contributed by atoms with E-state index in [4.69, 9.17) is 14.6 Å². The summed E-state index contributed by atoms with van der Waals surface area (Å²) >= 11 is 0. The number of aliphatic hydroxyl groups is 3. The second-order valence-corrected chi connectivity index (χ2v) is 4.99. The molecule has 0 saturated carbocycles. The third kappa shape index (κ3) is 2.62. The van der Waals surface area contributed by atoms with Gasteiger partial charge in [-0.25, -0.2) is 0 Å². The van der Waals surface area contributed by atoms with Gasteiger partial charge in [0.25, 0.3) is 0 Å². The van der Waals surface area contributed by atoms with E-state index in [9.17, 15) is 19.8 Å². The van der Waals surface area contributed by atoms with Gasteiger partial charge in [-0.15, -0.1) is 0 Å². The fourth-order valence-corrected chi connectivity index (χ4v) is 2.76. The second kappa shape index (κ2) is 5.85. The fraction of sp³-hybridized carbons (Fsp3) is 0.833. The highest BCUT2D eigenvalue weighted by Gasteiger charge is 2.65. The Labute approximate surface area is 120 Å². The summed E-state index contributed by atoms with van der Waals surface area (Å²) in [6, 6.07) is 0. The van der Waals surface area contributed by atoms with Gasteiger partial charge in [0.15, 0.2) is 5.79 Å². The molecule has 0 aliphatic carbocycles. The quantitative estimate of drug-likeness (QED) is 0.484. The zero-order valence-electron chi connectivity index (χ0n) is 11.6. The Balaban J connectivity index is 2.28. The lowest BCUT2D eigenvalue weighted by Crippen LogP contribution is -2.47. The molecule has 2 saturated heterocycles. The highest BCUT2D eigenvalue weighted by Crippen LogP contribution is 2.45. The molecule has 3 N–H and O–H groups in total. The number of hydrogen-bond acceptors (Lipinski definition) is 9. The number of fused-ring (bicyclic) bond motifs is 1. The Morgan fingerprint density at radius 1 is 1.24 bits per heavy atom. The molecule has 0 unspecified atom stereocenters. The van der Waals surface area contributed by atoms with Gasteiger partial charge in [-0.2, -0.15) is 0 Å². The van der Waals surface area contributed by atoms with Gasteiger partial charge in [-0.3, -0.25) is 9.59 Å². The summed E-state index contributed by atoms with van der Waals surface area (Å²) in [5.74, 6) is -5.17. The number of rotatable bonds is 4. The Morgan fingerprint density at radius 3 is 2.43 bits per heavy atom. The van der Waals surface area contributed by atoms with E-state index < -0.39 is 61.1 Å². The highest BCUT2D eigenvalue weighted by atomic mass is 16.7. The first-order valence-electron chi connectivity index (χ1n) is 6.37. The van der Waals surface area contributed by atoms with Crippen LogP contribution in [0.25, 0.3) is 0 Å². The molecule has 120 valence electrons. The molecule has 2 aliphatic heterocycles. The number of ether oxygens (including phenoxy) is 4. The van der Waals surface area contributed by atoms with Crippen LogP contribution in [-0.4, -0.2) is 78.3 Å². The molecule has 0 aromatic rings. The van der Waals surface area contributed by atoms with Crippen molar-refractivity contribution in [2.75, 3.05) is 20.8 Å². The molecule has 9 nitrogen and oxygen atoms in total. The molecule has 0 aromatic heterocycles. The van der Waals surface area contributed by atoms with Gasteiger partial charge >= 0.3 is 11.9 Å². The molecule has 0 radical (unpaired) electrons. The van der Waals surface area contributed by atoms with Crippen molar-refractivity contribution in [2.24, 2.45) is 5.92 Å². The number of methoxy groups -OCH3 is 2. The molecule has 0 bridgehead atoms. The van der Waals surface area contributed by atoms with Crippen LogP contribution in [0.1, 0.15) is 6.42 Å². The van der Waals surface area contributed by atoms with E-state index in [1.807, 2.05) is 0 Å². The number of hydrogen-bond donors (Lipinski definition) is 3. The lowest BCUT2D eigenvalue weighted by Gasteiger charge is -2.29. The van der Waals surface area contributed by atoms with Gasteiger partial charge < -0.3 is 34.3 Å². The van der Waals surface area contributed by atoms with E-state index in [-0.39, 0.29) is 0 Å².